The molecule has 0 fully saturated rings. The van der Waals surface area contributed by atoms with E-state index >= 15 is 0 Å². The third kappa shape index (κ3) is 5.36. The Labute approximate surface area is 113 Å². The first kappa shape index (κ1) is 14.9. The molecule has 0 aliphatic rings. The minimum absolute atomic E-state index is 0.0711. The number of hydrogen-bond donors (Lipinski definition) is 0. The van der Waals surface area contributed by atoms with Crippen LogP contribution in [0.4, 0.5) is 5.69 Å². The van der Waals surface area contributed by atoms with Crippen LogP contribution in [-0.4, -0.2) is 11.0 Å². The van der Waals surface area contributed by atoms with Gasteiger partial charge in [-0.05, 0) is 31.5 Å². The van der Waals surface area contributed by atoms with Gasteiger partial charge in [-0.1, -0.05) is 17.6 Å². The van der Waals surface area contributed by atoms with Crippen molar-refractivity contribution in [1.82, 2.24) is 0 Å². The maximum Gasteiger partial charge on any atom is 0.269 e. The molecule has 0 bridgehead atoms. The Hall–Kier alpha value is -2.12. The van der Waals surface area contributed by atoms with Crippen molar-refractivity contribution in [3.63, 3.8) is 0 Å². The number of hydrogen-bond acceptors (Lipinski definition) is 3. The molecule has 100 valence electrons. The van der Waals surface area contributed by atoms with Gasteiger partial charge in [0.15, 0.2) is 0 Å². The molecule has 1 rings (SSSR count). The normalized spacial score (nSPS) is 11.4. The molecule has 1 atom stereocenters. The van der Waals surface area contributed by atoms with Crippen LogP contribution in [0.1, 0.15) is 25.8 Å². The minimum Gasteiger partial charge on any atom is -0.361 e. The molecule has 4 heteroatoms. The summed E-state index contributed by atoms with van der Waals surface area (Å²) in [5.74, 6) is 2.58. The van der Waals surface area contributed by atoms with Gasteiger partial charge in [-0.2, -0.15) is 0 Å². The highest BCUT2D eigenvalue weighted by Crippen LogP contribution is 2.13. The molecule has 0 heterocycles. The molecule has 0 aliphatic carbocycles. The van der Waals surface area contributed by atoms with Crippen LogP contribution in [0.15, 0.2) is 35.9 Å². The van der Waals surface area contributed by atoms with Crippen molar-refractivity contribution in [2.45, 2.75) is 33.0 Å². The van der Waals surface area contributed by atoms with Gasteiger partial charge < -0.3 is 4.74 Å². The van der Waals surface area contributed by atoms with Crippen molar-refractivity contribution in [2.75, 3.05) is 0 Å². The summed E-state index contributed by atoms with van der Waals surface area (Å²) >= 11 is 0. The number of nitrogens with zero attached hydrogens (tertiary/aromatic N) is 1. The third-order valence-corrected chi connectivity index (χ3v) is 2.52. The first-order valence-electron chi connectivity index (χ1n) is 5.97. The van der Waals surface area contributed by atoms with E-state index in [2.05, 4.69) is 5.92 Å². The summed E-state index contributed by atoms with van der Waals surface area (Å²) in [5.41, 5.74) is 2.13. The Kier molecular flexibility index (Phi) is 5.77. The average molecular weight is 259 g/mol. The maximum atomic E-state index is 10.5. The molecule has 0 amide bonds. The summed E-state index contributed by atoms with van der Waals surface area (Å²) in [6.45, 7) is 4.36. The van der Waals surface area contributed by atoms with Crippen molar-refractivity contribution >= 4 is 5.69 Å². The van der Waals surface area contributed by atoms with Crippen molar-refractivity contribution in [1.29, 1.82) is 0 Å². The van der Waals surface area contributed by atoms with Crippen molar-refractivity contribution in [3.05, 3.63) is 51.6 Å². The number of nitro groups is 1. The average Bonchev–Trinajstić information content (AvgIpc) is 2.39. The predicted molar refractivity (Wildman–Crippen MR) is 74.6 cm³/mol. The SMILES string of the molecule is C#CC(CC=C(C)C)OCc1ccc([N+](=O)[O-])cc1. The second-order valence-corrected chi connectivity index (χ2v) is 4.41. The zero-order valence-electron chi connectivity index (χ0n) is 11.1. The molecule has 1 aromatic carbocycles. The van der Waals surface area contributed by atoms with E-state index in [4.69, 9.17) is 11.2 Å². The Bertz CT molecular complexity index is 493. The highest BCUT2D eigenvalue weighted by atomic mass is 16.6. The van der Waals surface area contributed by atoms with E-state index in [-0.39, 0.29) is 11.8 Å². The van der Waals surface area contributed by atoms with Gasteiger partial charge in [0.2, 0.25) is 0 Å². The molecule has 0 aliphatic heterocycles. The highest BCUT2D eigenvalue weighted by Gasteiger charge is 2.06. The van der Waals surface area contributed by atoms with E-state index < -0.39 is 4.92 Å². The highest BCUT2D eigenvalue weighted by molar-refractivity contribution is 5.32. The first-order valence-corrected chi connectivity index (χ1v) is 5.97. The number of non-ortho nitro benzene ring substituents is 1. The zero-order chi connectivity index (χ0) is 14.3. The number of benzene rings is 1. The van der Waals surface area contributed by atoms with Crippen molar-refractivity contribution < 1.29 is 9.66 Å². The molecule has 0 saturated carbocycles. The van der Waals surface area contributed by atoms with Crippen LogP contribution in [0.3, 0.4) is 0 Å². The standard InChI is InChI=1S/C15H17NO3/c1-4-15(10-5-12(2)3)19-11-13-6-8-14(9-7-13)16(17)18/h1,5-9,15H,10-11H2,2-3H3. The predicted octanol–water partition coefficient (Wildman–Crippen LogP) is 3.47. The van der Waals surface area contributed by atoms with Gasteiger partial charge in [-0.25, -0.2) is 0 Å². The molecule has 1 aromatic rings. The summed E-state index contributed by atoms with van der Waals surface area (Å²) in [5, 5.41) is 10.5. The number of rotatable bonds is 6. The number of terminal acetylenes is 1. The number of nitro benzene ring substituents is 1. The quantitative estimate of drug-likeness (QED) is 0.340. The van der Waals surface area contributed by atoms with Crippen LogP contribution in [-0.2, 0) is 11.3 Å². The van der Waals surface area contributed by atoms with Crippen LogP contribution in [0, 0.1) is 22.5 Å². The van der Waals surface area contributed by atoms with Gasteiger partial charge in [0, 0.05) is 18.6 Å². The molecule has 0 spiro atoms. The van der Waals surface area contributed by atoms with Crippen LogP contribution < -0.4 is 0 Å². The molecule has 0 radical (unpaired) electrons. The van der Waals surface area contributed by atoms with Gasteiger partial charge in [0.25, 0.3) is 5.69 Å². The van der Waals surface area contributed by atoms with Crippen LogP contribution in [0.25, 0.3) is 0 Å². The third-order valence-electron chi connectivity index (χ3n) is 2.52. The molecule has 0 aromatic heterocycles. The first-order chi connectivity index (χ1) is 9.02. The lowest BCUT2D eigenvalue weighted by molar-refractivity contribution is -0.384. The minimum atomic E-state index is -0.427. The van der Waals surface area contributed by atoms with E-state index in [1.807, 2.05) is 19.9 Å². The monoisotopic (exact) mass is 259 g/mol. The maximum absolute atomic E-state index is 10.5. The van der Waals surface area contributed by atoms with Gasteiger partial charge in [-0.15, -0.1) is 6.42 Å². The lowest BCUT2D eigenvalue weighted by Gasteiger charge is -2.10. The Morgan fingerprint density at radius 1 is 1.47 bits per heavy atom. The molecule has 0 N–H and O–H groups in total. The lowest BCUT2D eigenvalue weighted by atomic mass is 10.2. The van der Waals surface area contributed by atoms with Crippen LogP contribution in [0.5, 0.6) is 0 Å². The van der Waals surface area contributed by atoms with E-state index in [1.54, 1.807) is 12.1 Å². The number of allylic oxidation sites excluding steroid dienone is 1. The molecule has 19 heavy (non-hydrogen) atoms. The van der Waals surface area contributed by atoms with Crippen molar-refractivity contribution in [2.24, 2.45) is 0 Å². The molecule has 1 unspecified atom stereocenters. The second kappa shape index (κ2) is 7.34. The summed E-state index contributed by atoms with van der Waals surface area (Å²) in [6, 6.07) is 6.26. The molecule has 0 saturated heterocycles. The Morgan fingerprint density at radius 2 is 2.11 bits per heavy atom. The zero-order valence-corrected chi connectivity index (χ0v) is 11.1. The summed E-state index contributed by atoms with van der Waals surface area (Å²) < 4.78 is 5.58. The molecular formula is C15H17NO3. The second-order valence-electron chi connectivity index (χ2n) is 4.41. The fourth-order valence-electron chi connectivity index (χ4n) is 1.44. The van der Waals surface area contributed by atoms with Crippen LogP contribution >= 0.6 is 0 Å². The van der Waals surface area contributed by atoms with Gasteiger partial charge in [-0.3, -0.25) is 10.1 Å². The topological polar surface area (TPSA) is 52.4 Å². The largest absolute Gasteiger partial charge is 0.361 e. The molecule has 4 nitrogen and oxygen atoms in total. The smallest absolute Gasteiger partial charge is 0.269 e. The fraction of sp³-hybridized carbons (Fsp3) is 0.333. The fourth-order valence-corrected chi connectivity index (χ4v) is 1.44. The lowest BCUT2D eigenvalue weighted by Crippen LogP contribution is -2.09. The van der Waals surface area contributed by atoms with Gasteiger partial charge >= 0.3 is 0 Å². The number of ether oxygens (including phenoxy) is 1. The van der Waals surface area contributed by atoms with Crippen LogP contribution in [0.2, 0.25) is 0 Å². The van der Waals surface area contributed by atoms with Gasteiger partial charge in [0.1, 0.15) is 6.10 Å². The molecular weight excluding hydrogens is 242 g/mol. The van der Waals surface area contributed by atoms with Crippen molar-refractivity contribution in [3.8, 4) is 12.3 Å². The van der Waals surface area contributed by atoms with E-state index in [1.165, 1.54) is 17.7 Å². The van der Waals surface area contributed by atoms with Gasteiger partial charge in [0.05, 0.1) is 11.5 Å². The van der Waals surface area contributed by atoms with E-state index in [0.29, 0.717) is 13.0 Å². The summed E-state index contributed by atoms with van der Waals surface area (Å²) in [6.07, 6.45) is 7.82. The summed E-state index contributed by atoms with van der Waals surface area (Å²) in [7, 11) is 0. The Balaban J connectivity index is 2.53. The summed E-state index contributed by atoms with van der Waals surface area (Å²) in [4.78, 5) is 10.1. The van der Waals surface area contributed by atoms with E-state index in [0.717, 1.165) is 5.56 Å². The Morgan fingerprint density at radius 3 is 2.58 bits per heavy atom. The van der Waals surface area contributed by atoms with E-state index in [9.17, 15) is 10.1 Å².